The molecule has 84 valence electrons. The van der Waals surface area contributed by atoms with E-state index in [0.29, 0.717) is 0 Å². The van der Waals surface area contributed by atoms with Crippen LogP contribution in [0.3, 0.4) is 0 Å². The summed E-state index contributed by atoms with van der Waals surface area (Å²) in [6.07, 6.45) is 3.50. The van der Waals surface area contributed by atoms with Crippen molar-refractivity contribution in [2.24, 2.45) is 0 Å². The van der Waals surface area contributed by atoms with Gasteiger partial charge in [0.15, 0.2) is 5.76 Å². The Labute approximate surface area is 102 Å². The maximum Gasteiger partial charge on any atom is 0.294 e. The van der Waals surface area contributed by atoms with Crippen LogP contribution in [0.2, 0.25) is 0 Å². The minimum Gasteiger partial charge on any atom is -0.426 e. The zero-order valence-electron chi connectivity index (χ0n) is 8.69. The molecule has 1 aliphatic heterocycles. The van der Waals surface area contributed by atoms with Crippen LogP contribution in [0.1, 0.15) is 5.56 Å². The van der Waals surface area contributed by atoms with Gasteiger partial charge in [-0.3, -0.25) is 10.1 Å². The van der Waals surface area contributed by atoms with E-state index in [1.165, 1.54) is 0 Å². The number of aromatic nitrogens is 1. The fourth-order valence-corrected chi connectivity index (χ4v) is 1.96. The van der Waals surface area contributed by atoms with Crippen molar-refractivity contribution in [3.63, 3.8) is 0 Å². The zero-order valence-corrected chi connectivity index (χ0v) is 9.51. The number of fused-ring (bicyclic) bond motifs is 1. The van der Waals surface area contributed by atoms with Crippen LogP contribution in [0.15, 0.2) is 36.2 Å². The standard InChI is InChI=1S/C12H8N2O2S/c15-11-10(16-12(17)14-11)5-7-6-13-9-4-2-1-3-8(7)9/h1-6,13H,(H,14,15,17)/b10-5-. The lowest BCUT2D eigenvalue weighted by Gasteiger charge is -1.93. The molecule has 1 aromatic heterocycles. The van der Waals surface area contributed by atoms with E-state index in [1.54, 1.807) is 6.08 Å². The van der Waals surface area contributed by atoms with Crippen LogP contribution in [0.4, 0.5) is 0 Å². The first-order chi connectivity index (χ1) is 8.24. The van der Waals surface area contributed by atoms with Gasteiger partial charge in [-0.2, -0.15) is 0 Å². The molecule has 0 saturated carbocycles. The van der Waals surface area contributed by atoms with Gasteiger partial charge in [-0.15, -0.1) is 0 Å². The SMILES string of the molecule is O=C1NC(=S)O/C1=C\c1c[nH]c2ccccc12. The molecule has 4 nitrogen and oxygen atoms in total. The van der Waals surface area contributed by atoms with E-state index in [1.807, 2.05) is 30.5 Å². The molecule has 0 bridgehead atoms. The summed E-state index contributed by atoms with van der Waals surface area (Å²) in [6, 6.07) is 7.84. The largest absolute Gasteiger partial charge is 0.426 e. The first-order valence-corrected chi connectivity index (χ1v) is 5.46. The summed E-state index contributed by atoms with van der Waals surface area (Å²) in [5.74, 6) is -0.0833. The number of ether oxygens (including phenoxy) is 1. The summed E-state index contributed by atoms with van der Waals surface area (Å²) in [7, 11) is 0. The van der Waals surface area contributed by atoms with Crippen molar-refractivity contribution >= 4 is 40.3 Å². The predicted molar refractivity (Wildman–Crippen MR) is 68.1 cm³/mol. The molecular formula is C12H8N2O2S. The highest BCUT2D eigenvalue weighted by molar-refractivity contribution is 7.80. The number of thiocarbonyl (C=S) groups is 1. The van der Waals surface area contributed by atoms with Gasteiger partial charge in [-0.05, 0) is 24.4 Å². The van der Waals surface area contributed by atoms with Crippen molar-refractivity contribution in [2.75, 3.05) is 0 Å². The topological polar surface area (TPSA) is 54.1 Å². The van der Waals surface area contributed by atoms with Crippen molar-refractivity contribution in [1.82, 2.24) is 10.3 Å². The molecule has 3 rings (SSSR count). The van der Waals surface area contributed by atoms with E-state index in [-0.39, 0.29) is 16.8 Å². The lowest BCUT2D eigenvalue weighted by molar-refractivity contribution is -0.116. The van der Waals surface area contributed by atoms with Crippen molar-refractivity contribution in [2.45, 2.75) is 0 Å². The van der Waals surface area contributed by atoms with Crippen molar-refractivity contribution in [3.8, 4) is 0 Å². The van der Waals surface area contributed by atoms with Crippen molar-refractivity contribution in [1.29, 1.82) is 0 Å². The lowest BCUT2D eigenvalue weighted by atomic mass is 10.1. The predicted octanol–water partition coefficient (Wildman–Crippen LogP) is 1.94. The van der Waals surface area contributed by atoms with Crippen LogP contribution in [-0.2, 0) is 9.53 Å². The molecule has 2 N–H and O–H groups in total. The molecule has 0 radical (unpaired) electrons. The minimum absolute atomic E-state index is 0.0982. The van der Waals surface area contributed by atoms with Gasteiger partial charge in [0.05, 0.1) is 0 Å². The quantitative estimate of drug-likeness (QED) is 0.595. The second-order valence-electron chi connectivity index (χ2n) is 3.64. The summed E-state index contributed by atoms with van der Waals surface area (Å²) in [6.45, 7) is 0. The molecule has 0 unspecified atom stereocenters. The normalized spacial score (nSPS) is 17.5. The Balaban J connectivity index is 2.08. The number of amides is 1. The van der Waals surface area contributed by atoms with Crippen molar-refractivity contribution in [3.05, 3.63) is 41.8 Å². The second-order valence-corrected chi connectivity index (χ2v) is 4.01. The highest BCUT2D eigenvalue weighted by atomic mass is 32.1. The number of carbonyl (C=O) groups excluding carboxylic acids is 1. The van der Waals surface area contributed by atoms with Gasteiger partial charge in [0.25, 0.3) is 11.1 Å². The molecule has 1 fully saturated rings. The molecule has 1 amide bonds. The van der Waals surface area contributed by atoms with Gasteiger partial charge >= 0.3 is 0 Å². The fourth-order valence-electron chi connectivity index (χ4n) is 1.78. The number of aromatic amines is 1. The van der Waals surface area contributed by atoms with Crippen molar-refractivity contribution < 1.29 is 9.53 Å². The van der Waals surface area contributed by atoms with E-state index in [2.05, 4.69) is 10.3 Å². The fraction of sp³-hybridized carbons (Fsp3) is 0. The van der Waals surface area contributed by atoms with Crippen LogP contribution < -0.4 is 5.32 Å². The third kappa shape index (κ3) is 1.70. The lowest BCUT2D eigenvalue weighted by Crippen LogP contribution is -2.18. The number of rotatable bonds is 1. The molecule has 5 heteroatoms. The number of hydrogen-bond donors (Lipinski definition) is 2. The summed E-state index contributed by atoms with van der Waals surface area (Å²) in [5.41, 5.74) is 1.91. The maximum atomic E-state index is 11.4. The van der Waals surface area contributed by atoms with Gasteiger partial charge in [0, 0.05) is 22.7 Å². The summed E-state index contributed by atoms with van der Waals surface area (Å²) >= 11 is 4.76. The second kappa shape index (κ2) is 3.71. The van der Waals surface area contributed by atoms with E-state index >= 15 is 0 Å². The molecule has 17 heavy (non-hydrogen) atoms. The molecule has 1 saturated heterocycles. The van der Waals surface area contributed by atoms with Gasteiger partial charge in [-0.1, -0.05) is 18.2 Å². The average Bonchev–Trinajstić information content (AvgIpc) is 2.85. The Bertz CT molecular complexity index is 657. The van der Waals surface area contributed by atoms with Crippen LogP contribution in [0, 0.1) is 0 Å². The maximum absolute atomic E-state index is 11.4. The molecule has 1 aromatic carbocycles. The number of hydrogen-bond acceptors (Lipinski definition) is 3. The monoisotopic (exact) mass is 244 g/mol. The molecule has 2 heterocycles. The summed E-state index contributed by atoms with van der Waals surface area (Å²) < 4.78 is 5.11. The van der Waals surface area contributed by atoms with E-state index in [0.717, 1.165) is 16.5 Å². The molecule has 0 aliphatic carbocycles. The Morgan fingerprint density at radius 2 is 2.12 bits per heavy atom. The number of benzene rings is 1. The first kappa shape index (κ1) is 10.0. The minimum atomic E-state index is -0.305. The van der Waals surface area contributed by atoms with Gasteiger partial charge in [-0.25, -0.2) is 0 Å². The smallest absolute Gasteiger partial charge is 0.294 e. The summed E-state index contributed by atoms with van der Waals surface area (Å²) in [4.78, 5) is 14.6. The number of nitrogens with one attached hydrogen (secondary N) is 2. The van der Waals surface area contributed by atoms with Crippen LogP contribution >= 0.6 is 12.2 Å². The van der Waals surface area contributed by atoms with Gasteiger partial charge in [0.2, 0.25) is 0 Å². The molecular weight excluding hydrogens is 236 g/mol. The number of carbonyl (C=O) groups is 1. The van der Waals surface area contributed by atoms with Gasteiger partial charge in [0.1, 0.15) is 0 Å². The van der Waals surface area contributed by atoms with Crippen LogP contribution in [0.5, 0.6) is 0 Å². The molecule has 0 atom stereocenters. The number of para-hydroxylation sites is 1. The third-order valence-corrected chi connectivity index (χ3v) is 2.74. The average molecular weight is 244 g/mol. The van der Waals surface area contributed by atoms with E-state index < -0.39 is 0 Å². The molecule has 2 aromatic rings. The Morgan fingerprint density at radius 3 is 2.88 bits per heavy atom. The van der Waals surface area contributed by atoms with Gasteiger partial charge < -0.3 is 9.72 Å². The summed E-state index contributed by atoms with van der Waals surface area (Å²) in [5, 5.41) is 3.55. The van der Waals surface area contributed by atoms with Crippen LogP contribution in [-0.4, -0.2) is 16.1 Å². The van der Waals surface area contributed by atoms with E-state index in [4.69, 9.17) is 17.0 Å². The first-order valence-electron chi connectivity index (χ1n) is 5.05. The number of H-pyrrole nitrogens is 1. The third-order valence-electron chi connectivity index (χ3n) is 2.55. The Morgan fingerprint density at radius 1 is 1.29 bits per heavy atom. The van der Waals surface area contributed by atoms with E-state index in [9.17, 15) is 4.79 Å². The van der Waals surface area contributed by atoms with Crippen LogP contribution in [0.25, 0.3) is 17.0 Å². The highest BCUT2D eigenvalue weighted by Crippen LogP contribution is 2.21. The Kier molecular flexibility index (Phi) is 2.19. The zero-order chi connectivity index (χ0) is 11.8. The highest BCUT2D eigenvalue weighted by Gasteiger charge is 2.23. The molecule has 0 spiro atoms. The Hall–Kier alpha value is -2.14. The molecule has 1 aliphatic rings.